The summed E-state index contributed by atoms with van der Waals surface area (Å²) in [6.45, 7) is 5.36. The quantitative estimate of drug-likeness (QED) is 0.749. The molecule has 0 aromatic rings. The van der Waals surface area contributed by atoms with Gasteiger partial charge in [0, 0.05) is 19.3 Å². The molecule has 82 valence electrons. The summed E-state index contributed by atoms with van der Waals surface area (Å²) in [5, 5.41) is 3.57. The van der Waals surface area contributed by atoms with Crippen molar-refractivity contribution in [2.24, 2.45) is 11.8 Å². The Hall–Kier alpha value is -0.0800. The molecule has 2 rings (SSSR count). The average Bonchev–Trinajstić information content (AvgIpc) is 2.68. The molecule has 1 heterocycles. The second kappa shape index (κ2) is 5.13. The van der Waals surface area contributed by atoms with E-state index in [-0.39, 0.29) is 0 Å². The molecular weight excluding hydrogens is 174 g/mol. The summed E-state index contributed by atoms with van der Waals surface area (Å²) in [5.41, 5.74) is 0. The predicted molar refractivity (Wildman–Crippen MR) is 58.3 cm³/mol. The fourth-order valence-corrected chi connectivity index (χ4v) is 3.06. The van der Waals surface area contributed by atoms with Crippen molar-refractivity contribution >= 4 is 0 Å². The molecule has 0 aromatic heterocycles. The number of ether oxygens (including phenoxy) is 1. The van der Waals surface area contributed by atoms with Crippen LogP contribution in [-0.4, -0.2) is 25.8 Å². The Morgan fingerprint density at radius 1 is 1.21 bits per heavy atom. The lowest BCUT2D eigenvalue weighted by molar-refractivity contribution is 0.0313. The smallest absolute Gasteiger partial charge is 0.0496 e. The van der Waals surface area contributed by atoms with Crippen LogP contribution in [-0.2, 0) is 4.74 Å². The fraction of sp³-hybridized carbons (Fsp3) is 1.00. The van der Waals surface area contributed by atoms with Gasteiger partial charge in [-0.25, -0.2) is 0 Å². The summed E-state index contributed by atoms with van der Waals surface area (Å²) in [7, 11) is 0. The van der Waals surface area contributed by atoms with Gasteiger partial charge in [0.1, 0.15) is 0 Å². The van der Waals surface area contributed by atoms with E-state index in [1.54, 1.807) is 0 Å². The largest absolute Gasteiger partial charge is 0.381 e. The zero-order chi connectivity index (χ0) is 9.80. The van der Waals surface area contributed by atoms with E-state index in [2.05, 4.69) is 12.2 Å². The van der Waals surface area contributed by atoms with E-state index in [4.69, 9.17) is 4.74 Å². The summed E-state index contributed by atoms with van der Waals surface area (Å²) in [4.78, 5) is 0. The van der Waals surface area contributed by atoms with Gasteiger partial charge >= 0.3 is 0 Å². The highest BCUT2D eigenvalue weighted by Gasteiger charge is 2.31. The second-order valence-corrected chi connectivity index (χ2v) is 4.80. The molecule has 0 bridgehead atoms. The Morgan fingerprint density at radius 3 is 2.86 bits per heavy atom. The lowest BCUT2D eigenvalue weighted by atomic mass is 9.86. The van der Waals surface area contributed by atoms with Crippen LogP contribution in [0.3, 0.4) is 0 Å². The van der Waals surface area contributed by atoms with Crippen LogP contribution < -0.4 is 5.32 Å². The second-order valence-electron chi connectivity index (χ2n) is 4.80. The maximum absolute atomic E-state index is 5.57. The molecule has 2 nitrogen and oxygen atoms in total. The summed E-state index contributed by atoms with van der Waals surface area (Å²) in [6, 6.07) is 0.798. The van der Waals surface area contributed by atoms with Crippen LogP contribution in [0, 0.1) is 11.8 Å². The van der Waals surface area contributed by atoms with Crippen LogP contribution >= 0.6 is 0 Å². The maximum Gasteiger partial charge on any atom is 0.0496 e. The molecule has 1 saturated heterocycles. The van der Waals surface area contributed by atoms with Gasteiger partial charge in [0.05, 0.1) is 0 Å². The van der Waals surface area contributed by atoms with E-state index in [1.807, 2.05) is 0 Å². The molecule has 1 N–H and O–H groups in total. The van der Waals surface area contributed by atoms with E-state index in [9.17, 15) is 0 Å². The highest BCUT2D eigenvalue weighted by Crippen LogP contribution is 2.35. The molecule has 1 aliphatic heterocycles. The topological polar surface area (TPSA) is 21.3 Å². The average molecular weight is 197 g/mol. The van der Waals surface area contributed by atoms with Crippen molar-refractivity contribution in [3.05, 3.63) is 0 Å². The van der Waals surface area contributed by atoms with Crippen LogP contribution in [0.5, 0.6) is 0 Å². The van der Waals surface area contributed by atoms with Gasteiger partial charge in [0.2, 0.25) is 0 Å². The summed E-state index contributed by atoms with van der Waals surface area (Å²) in [5.74, 6) is 1.81. The van der Waals surface area contributed by atoms with Crippen molar-refractivity contribution in [2.75, 3.05) is 19.8 Å². The van der Waals surface area contributed by atoms with E-state index in [1.165, 1.54) is 32.1 Å². The maximum atomic E-state index is 5.57. The minimum atomic E-state index is 0.798. The van der Waals surface area contributed by atoms with Crippen molar-refractivity contribution in [3.63, 3.8) is 0 Å². The SMILES string of the molecule is CCNC1CCC(C2CCCOC2)C1. The Balaban J connectivity index is 1.76. The minimum absolute atomic E-state index is 0.798. The highest BCUT2D eigenvalue weighted by atomic mass is 16.5. The molecular formula is C12H23NO. The number of nitrogens with one attached hydrogen (secondary N) is 1. The standard InChI is InChI=1S/C12H23NO/c1-2-13-12-6-5-10(8-12)11-4-3-7-14-9-11/h10-13H,2-9H2,1H3. The molecule has 2 fully saturated rings. The number of hydrogen-bond acceptors (Lipinski definition) is 2. The number of hydrogen-bond donors (Lipinski definition) is 1. The van der Waals surface area contributed by atoms with Gasteiger partial charge < -0.3 is 10.1 Å². The van der Waals surface area contributed by atoms with Crippen molar-refractivity contribution < 1.29 is 4.74 Å². The number of rotatable bonds is 3. The molecule has 14 heavy (non-hydrogen) atoms. The van der Waals surface area contributed by atoms with Crippen LogP contribution in [0.2, 0.25) is 0 Å². The van der Waals surface area contributed by atoms with Crippen molar-refractivity contribution in [2.45, 2.75) is 45.1 Å². The lowest BCUT2D eigenvalue weighted by Crippen LogP contribution is -2.28. The van der Waals surface area contributed by atoms with Crippen LogP contribution in [0.15, 0.2) is 0 Å². The van der Waals surface area contributed by atoms with Crippen molar-refractivity contribution in [3.8, 4) is 0 Å². The van der Waals surface area contributed by atoms with Gasteiger partial charge in [-0.3, -0.25) is 0 Å². The Kier molecular flexibility index (Phi) is 3.82. The highest BCUT2D eigenvalue weighted by molar-refractivity contribution is 4.85. The molecule has 2 aliphatic rings. The minimum Gasteiger partial charge on any atom is -0.381 e. The molecule has 0 spiro atoms. The van der Waals surface area contributed by atoms with E-state index in [0.29, 0.717) is 0 Å². The van der Waals surface area contributed by atoms with Gasteiger partial charge in [0.25, 0.3) is 0 Å². The van der Waals surface area contributed by atoms with Crippen LogP contribution in [0.25, 0.3) is 0 Å². The molecule has 0 aromatic carbocycles. The predicted octanol–water partition coefficient (Wildman–Crippen LogP) is 2.19. The van der Waals surface area contributed by atoms with Crippen molar-refractivity contribution in [1.82, 2.24) is 5.32 Å². The first kappa shape index (κ1) is 10.4. The molecule has 0 radical (unpaired) electrons. The lowest BCUT2D eigenvalue weighted by Gasteiger charge is -2.27. The molecule has 1 saturated carbocycles. The van der Waals surface area contributed by atoms with Crippen molar-refractivity contribution in [1.29, 1.82) is 0 Å². The molecule has 3 unspecified atom stereocenters. The monoisotopic (exact) mass is 197 g/mol. The Bertz CT molecular complexity index is 166. The third kappa shape index (κ3) is 2.48. The summed E-state index contributed by atoms with van der Waals surface area (Å²) >= 11 is 0. The summed E-state index contributed by atoms with van der Waals surface area (Å²) in [6.07, 6.45) is 6.89. The zero-order valence-electron chi connectivity index (χ0n) is 9.30. The first-order chi connectivity index (χ1) is 6.90. The first-order valence-electron chi connectivity index (χ1n) is 6.21. The van der Waals surface area contributed by atoms with E-state index >= 15 is 0 Å². The van der Waals surface area contributed by atoms with Crippen LogP contribution in [0.4, 0.5) is 0 Å². The van der Waals surface area contributed by atoms with Gasteiger partial charge in [-0.1, -0.05) is 6.92 Å². The van der Waals surface area contributed by atoms with Gasteiger partial charge in [-0.15, -0.1) is 0 Å². The first-order valence-corrected chi connectivity index (χ1v) is 6.21. The van der Waals surface area contributed by atoms with Gasteiger partial charge in [0.15, 0.2) is 0 Å². The normalized spacial score (nSPS) is 38.8. The molecule has 0 amide bonds. The molecule has 1 aliphatic carbocycles. The van der Waals surface area contributed by atoms with E-state index in [0.717, 1.165) is 37.6 Å². The summed E-state index contributed by atoms with van der Waals surface area (Å²) < 4.78 is 5.57. The van der Waals surface area contributed by atoms with Gasteiger partial charge in [-0.2, -0.15) is 0 Å². The molecule has 2 heteroatoms. The third-order valence-electron chi connectivity index (χ3n) is 3.83. The van der Waals surface area contributed by atoms with E-state index < -0.39 is 0 Å². The van der Waals surface area contributed by atoms with Crippen LogP contribution in [0.1, 0.15) is 39.0 Å². The Morgan fingerprint density at radius 2 is 2.14 bits per heavy atom. The van der Waals surface area contributed by atoms with Gasteiger partial charge in [-0.05, 0) is 50.5 Å². The zero-order valence-corrected chi connectivity index (χ0v) is 9.30. The fourth-order valence-electron chi connectivity index (χ4n) is 3.06. The Labute approximate surface area is 87.4 Å². The molecule has 3 atom stereocenters. The third-order valence-corrected chi connectivity index (χ3v) is 3.83.